The molecule has 1 aliphatic rings. The van der Waals surface area contributed by atoms with E-state index in [2.05, 4.69) is 39.8 Å². The summed E-state index contributed by atoms with van der Waals surface area (Å²) in [6.07, 6.45) is 21.8. The van der Waals surface area contributed by atoms with Crippen LogP contribution in [-0.2, 0) is 0 Å². The predicted octanol–water partition coefficient (Wildman–Crippen LogP) is 7.29. The monoisotopic (exact) mass is 278 g/mol. The highest BCUT2D eigenvalue weighted by Crippen LogP contribution is 2.31. The highest BCUT2D eigenvalue weighted by molar-refractivity contribution is 4.94. The van der Waals surface area contributed by atoms with E-state index in [1.54, 1.807) is 0 Å². The van der Waals surface area contributed by atoms with Crippen molar-refractivity contribution in [2.45, 2.75) is 105 Å². The van der Waals surface area contributed by atoms with Crippen LogP contribution < -0.4 is 0 Å². The Bertz CT molecular complexity index is 270. The van der Waals surface area contributed by atoms with E-state index in [1.165, 1.54) is 77.0 Å². The van der Waals surface area contributed by atoms with Crippen LogP contribution in [0.3, 0.4) is 0 Å². The Labute approximate surface area is 128 Å². The average Bonchev–Trinajstić information content (AvgIpc) is 2.35. The highest BCUT2D eigenvalue weighted by Gasteiger charge is 2.17. The van der Waals surface area contributed by atoms with E-state index < -0.39 is 0 Å². The van der Waals surface area contributed by atoms with Gasteiger partial charge in [0, 0.05) is 0 Å². The quantitative estimate of drug-likeness (QED) is 0.408. The maximum absolute atomic E-state index is 2.48. The molecule has 1 aliphatic carbocycles. The van der Waals surface area contributed by atoms with Crippen molar-refractivity contribution < 1.29 is 0 Å². The van der Waals surface area contributed by atoms with Gasteiger partial charge in [0.05, 0.1) is 0 Å². The average molecular weight is 279 g/mol. The Morgan fingerprint density at radius 3 is 1.75 bits per heavy atom. The minimum atomic E-state index is 0.416. The molecule has 0 aromatic rings. The van der Waals surface area contributed by atoms with E-state index >= 15 is 0 Å². The number of hydrogen-bond acceptors (Lipinski definition) is 0. The van der Waals surface area contributed by atoms with E-state index in [0.29, 0.717) is 10.8 Å². The van der Waals surface area contributed by atoms with Gasteiger partial charge in [0.15, 0.2) is 0 Å². The van der Waals surface area contributed by atoms with Crippen LogP contribution in [-0.4, -0.2) is 0 Å². The summed E-state index contributed by atoms with van der Waals surface area (Å²) in [5, 5.41) is 0. The number of rotatable bonds is 0. The summed E-state index contributed by atoms with van der Waals surface area (Å²) in [4.78, 5) is 0. The summed E-state index contributed by atoms with van der Waals surface area (Å²) in [6, 6.07) is 0. The molecule has 0 atom stereocenters. The van der Waals surface area contributed by atoms with Crippen LogP contribution in [0.4, 0.5) is 0 Å². The van der Waals surface area contributed by atoms with Gasteiger partial charge in [-0.05, 0) is 42.9 Å². The second-order valence-corrected chi connectivity index (χ2v) is 8.42. The van der Waals surface area contributed by atoms with Crippen molar-refractivity contribution in [3.05, 3.63) is 12.2 Å². The molecule has 0 saturated carbocycles. The van der Waals surface area contributed by atoms with Crippen molar-refractivity contribution >= 4 is 0 Å². The first-order valence-electron chi connectivity index (χ1n) is 9.09. The zero-order valence-electron chi connectivity index (χ0n) is 14.6. The molecular formula is C20H38. The van der Waals surface area contributed by atoms with Crippen LogP contribution in [0.15, 0.2) is 12.2 Å². The van der Waals surface area contributed by atoms with Gasteiger partial charge in [0.2, 0.25) is 0 Å². The van der Waals surface area contributed by atoms with Crippen LogP contribution in [0.1, 0.15) is 105 Å². The second kappa shape index (κ2) is 8.90. The van der Waals surface area contributed by atoms with E-state index in [-0.39, 0.29) is 0 Å². The molecule has 118 valence electrons. The standard InChI is InChI=1S/C20H38/c1-19(2)15-11-7-5-9-13-17-20(3,4)18-14-10-6-8-12-16-19/h11,15H,5-10,12-14,16-18H2,1-4H3. The molecule has 0 nitrogen and oxygen atoms in total. The molecule has 1 rings (SSSR count). The Morgan fingerprint density at radius 2 is 1.10 bits per heavy atom. The molecule has 0 unspecified atom stereocenters. The molecule has 0 amide bonds. The molecule has 0 saturated heterocycles. The molecule has 0 aromatic carbocycles. The fraction of sp³-hybridized carbons (Fsp3) is 0.900. The lowest BCUT2D eigenvalue weighted by molar-refractivity contribution is 0.282. The summed E-state index contributed by atoms with van der Waals surface area (Å²) in [6.45, 7) is 9.74. The van der Waals surface area contributed by atoms with Gasteiger partial charge in [0.1, 0.15) is 0 Å². The first-order valence-corrected chi connectivity index (χ1v) is 9.09. The lowest BCUT2D eigenvalue weighted by atomic mass is 9.81. The molecule has 0 bridgehead atoms. The van der Waals surface area contributed by atoms with Crippen LogP contribution in [0.2, 0.25) is 0 Å². The van der Waals surface area contributed by atoms with E-state index in [1.807, 2.05) is 0 Å². The molecule has 0 radical (unpaired) electrons. The van der Waals surface area contributed by atoms with Crippen molar-refractivity contribution in [1.82, 2.24) is 0 Å². The molecule has 0 aromatic heterocycles. The first-order chi connectivity index (χ1) is 9.41. The minimum Gasteiger partial charge on any atom is -0.0880 e. The van der Waals surface area contributed by atoms with Gasteiger partial charge < -0.3 is 0 Å². The third-order valence-corrected chi connectivity index (χ3v) is 4.97. The molecular weight excluding hydrogens is 240 g/mol. The normalized spacial score (nSPS) is 26.2. The van der Waals surface area contributed by atoms with Crippen molar-refractivity contribution in [3.8, 4) is 0 Å². The van der Waals surface area contributed by atoms with Gasteiger partial charge in [-0.2, -0.15) is 0 Å². The summed E-state index contributed by atoms with van der Waals surface area (Å²) in [5.74, 6) is 0. The van der Waals surface area contributed by atoms with Gasteiger partial charge in [-0.1, -0.05) is 84.8 Å². The predicted molar refractivity (Wildman–Crippen MR) is 92.1 cm³/mol. The van der Waals surface area contributed by atoms with Crippen LogP contribution in [0.5, 0.6) is 0 Å². The molecule has 0 aliphatic heterocycles. The zero-order valence-corrected chi connectivity index (χ0v) is 14.6. The van der Waals surface area contributed by atoms with Crippen LogP contribution in [0, 0.1) is 10.8 Å². The van der Waals surface area contributed by atoms with E-state index in [4.69, 9.17) is 0 Å². The van der Waals surface area contributed by atoms with Crippen molar-refractivity contribution in [2.24, 2.45) is 10.8 Å². The Hall–Kier alpha value is -0.260. The van der Waals surface area contributed by atoms with Gasteiger partial charge in [-0.25, -0.2) is 0 Å². The second-order valence-electron chi connectivity index (χ2n) is 8.42. The lowest BCUT2D eigenvalue weighted by Gasteiger charge is -2.25. The highest BCUT2D eigenvalue weighted by atomic mass is 14.2. The third kappa shape index (κ3) is 8.82. The number of allylic oxidation sites excluding steroid dienone is 2. The van der Waals surface area contributed by atoms with Crippen LogP contribution >= 0.6 is 0 Å². The lowest BCUT2D eigenvalue weighted by Crippen LogP contribution is -2.11. The number of hydrogen-bond donors (Lipinski definition) is 0. The summed E-state index contributed by atoms with van der Waals surface area (Å²) >= 11 is 0. The Balaban J connectivity index is 2.42. The van der Waals surface area contributed by atoms with Crippen molar-refractivity contribution in [3.63, 3.8) is 0 Å². The molecule has 0 heterocycles. The SMILES string of the molecule is CC1(C)C=CCCCCCC(C)(C)CCCCCCC1. The first kappa shape index (κ1) is 17.8. The molecule has 20 heavy (non-hydrogen) atoms. The molecule has 0 spiro atoms. The zero-order chi connectivity index (χ0) is 14.9. The summed E-state index contributed by atoms with van der Waals surface area (Å²) in [5.41, 5.74) is 0.994. The van der Waals surface area contributed by atoms with Gasteiger partial charge in [0.25, 0.3) is 0 Å². The minimum absolute atomic E-state index is 0.416. The Morgan fingerprint density at radius 1 is 0.600 bits per heavy atom. The van der Waals surface area contributed by atoms with Gasteiger partial charge >= 0.3 is 0 Å². The summed E-state index contributed by atoms with van der Waals surface area (Å²) in [7, 11) is 0. The molecule has 0 N–H and O–H groups in total. The van der Waals surface area contributed by atoms with Crippen molar-refractivity contribution in [2.75, 3.05) is 0 Å². The van der Waals surface area contributed by atoms with Gasteiger partial charge in [-0.15, -0.1) is 0 Å². The van der Waals surface area contributed by atoms with Gasteiger partial charge in [-0.3, -0.25) is 0 Å². The fourth-order valence-corrected chi connectivity index (χ4v) is 3.37. The largest absolute Gasteiger partial charge is 0.0880 e. The smallest absolute Gasteiger partial charge is 0.0175 e. The van der Waals surface area contributed by atoms with Crippen LogP contribution in [0.25, 0.3) is 0 Å². The fourth-order valence-electron chi connectivity index (χ4n) is 3.37. The third-order valence-electron chi connectivity index (χ3n) is 4.97. The Kier molecular flexibility index (Phi) is 7.92. The van der Waals surface area contributed by atoms with E-state index in [0.717, 1.165) is 0 Å². The van der Waals surface area contributed by atoms with Crippen molar-refractivity contribution in [1.29, 1.82) is 0 Å². The maximum atomic E-state index is 2.48. The van der Waals surface area contributed by atoms with E-state index in [9.17, 15) is 0 Å². The summed E-state index contributed by atoms with van der Waals surface area (Å²) < 4.78 is 0. The molecule has 0 heteroatoms. The maximum Gasteiger partial charge on any atom is -0.0175 e. The molecule has 0 fully saturated rings. The topological polar surface area (TPSA) is 0 Å².